The maximum Gasteiger partial charge on any atom is 0.243 e. The van der Waals surface area contributed by atoms with Crippen LogP contribution in [0.2, 0.25) is 0 Å². The molecule has 0 radical (unpaired) electrons. The second kappa shape index (κ2) is 8.72. The largest absolute Gasteiger partial charge is 0.376 e. The van der Waals surface area contributed by atoms with Gasteiger partial charge in [0.2, 0.25) is 11.8 Å². The van der Waals surface area contributed by atoms with Crippen LogP contribution in [0.5, 0.6) is 0 Å². The van der Waals surface area contributed by atoms with E-state index >= 15 is 0 Å². The maximum atomic E-state index is 12.0. The standard InChI is InChI=1S/C19H23N3O2/c1-3-6-18(23)21-16-9-5-10-17(12-16)22-19(24)13-20-15-8-4-7-14(2)11-15/h4-5,7-12,20H,3,6,13H2,1-2H3,(H,21,23)(H,22,24). The quantitative estimate of drug-likeness (QED) is 0.725. The maximum absolute atomic E-state index is 12.0. The second-order valence-corrected chi connectivity index (χ2v) is 5.65. The summed E-state index contributed by atoms with van der Waals surface area (Å²) in [5.74, 6) is -0.171. The van der Waals surface area contributed by atoms with Crippen molar-refractivity contribution in [2.45, 2.75) is 26.7 Å². The van der Waals surface area contributed by atoms with Gasteiger partial charge in [0.05, 0.1) is 6.54 Å². The predicted molar refractivity (Wildman–Crippen MR) is 98.3 cm³/mol. The molecule has 0 fully saturated rings. The average Bonchev–Trinajstić information content (AvgIpc) is 2.53. The summed E-state index contributed by atoms with van der Waals surface area (Å²) in [5.41, 5.74) is 3.37. The topological polar surface area (TPSA) is 70.2 Å². The Bertz CT molecular complexity index is 713. The smallest absolute Gasteiger partial charge is 0.243 e. The summed E-state index contributed by atoms with van der Waals surface area (Å²) in [4.78, 5) is 23.7. The van der Waals surface area contributed by atoms with E-state index in [1.807, 2.05) is 38.1 Å². The fraction of sp³-hybridized carbons (Fsp3) is 0.263. The zero-order valence-electron chi connectivity index (χ0n) is 14.1. The SMILES string of the molecule is CCCC(=O)Nc1cccc(NC(=O)CNc2cccc(C)c2)c1. The number of rotatable bonds is 7. The Kier molecular flexibility index (Phi) is 6.37. The van der Waals surface area contributed by atoms with Gasteiger partial charge in [-0.05, 0) is 49.2 Å². The van der Waals surface area contributed by atoms with Gasteiger partial charge in [0.15, 0.2) is 0 Å². The zero-order valence-corrected chi connectivity index (χ0v) is 14.1. The van der Waals surface area contributed by atoms with Gasteiger partial charge < -0.3 is 16.0 Å². The summed E-state index contributed by atoms with van der Waals surface area (Å²) in [6.07, 6.45) is 1.28. The fourth-order valence-electron chi connectivity index (χ4n) is 2.27. The summed E-state index contributed by atoms with van der Waals surface area (Å²) in [5, 5.41) is 8.72. The minimum absolute atomic E-state index is 0.0258. The van der Waals surface area contributed by atoms with E-state index < -0.39 is 0 Å². The number of hydrogen-bond acceptors (Lipinski definition) is 3. The van der Waals surface area contributed by atoms with Crippen molar-refractivity contribution in [3.05, 3.63) is 54.1 Å². The van der Waals surface area contributed by atoms with Gasteiger partial charge in [-0.1, -0.05) is 25.1 Å². The lowest BCUT2D eigenvalue weighted by Gasteiger charge is -2.10. The highest BCUT2D eigenvalue weighted by atomic mass is 16.2. The molecule has 0 spiro atoms. The molecular formula is C19H23N3O2. The van der Waals surface area contributed by atoms with Crippen LogP contribution < -0.4 is 16.0 Å². The highest BCUT2D eigenvalue weighted by Gasteiger charge is 2.05. The van der Waals surface area contributed by atoms with E-state index in [-0.39, 0.29) is 18.4 Å². The number of benzene rings is 2. The number of carbonyl (C=O) groups excluding carboxylic acids is 2. The van der Waals surface area contributed by atoms with E-state index in [1.165, 1.54) is 0 Å². The third kappa shape index (κ3) is 5.76. The number of carbonyl (C=O) groups is 2. The molecule has 0 aliphatic heterocycles. The van der Waals surface area contributed by atoms with E-state index in [0.29, 0.717) is 17.8 Å². The van der Waals surface area contributed by atoms with E-state index in [0.717, 1.165) is 17.7 Å². The van der Waals surface area contributed by atoms with Crippen LogP contribution in [0.25, 0.3) is 0 Å². The van der Waals surface area contributed by atoms with Gasteiger partial charge in [-0.15, -0.1) is 0 Å². The number of amides is 2. The Morgan fingerprint density at radius 1 is 0.875 bits per heavy atom. The first kappa shape index (κ1) is 17.5. The summed E-state index contributed by atoms with van der Waals surface area (Å²) in [6.45, 7) is 4.14. The molecular weight excluding hydrogens is 302 g/mol. The van der Waals surface area contributed by atoms with E-state index in [2.05, 4.69) is 16.0 Å². The molecule has 126 valence electrons. The lowest BCUT2D eigenvalue weighted by Crippen LogP contribution is -2.21. The van der Waals surface area contributed by atoms with Crippen molar-refractivity contribution in [1.29, 1.82) is 0 Å². The van der Waals surface area contributed by atoms with Gasteiger partial charge in [0.1, 0.15) is 0 Å². The second-order valence-electron chi connectivity index (χ2n) is 5.65. The van der Waals surface area contributed by atoms with Gasteiger partial charge in [0, 0.05) is 23.5 Å². The first-order valence-electron chi connectivity index (χ1n) is 8.07. The lowest BCUT2D eigenvalue weighted by molar-refractivity contribution is -0.116. The first-order chi connectivity index (χ1) is 11.6. The van der Waals surface area contributed by atoms with Crippen LogP contribution in [0.15, 0.2) is 48.5 Å². The summed E-state index contributed by atoms with van der Waals surface area (Å²) in [7, 11) is 0. The number of nitrogens with one attached hydrogen (secondary N) is 3. The fourth-order valence-corrected chi connectivity index (χ4v) is 2.27. The third-order valence-corrected chi connectivity index (χ3v) is 3.38. The monoisotopic (exact) mass is 325 g/mol. The molecule has 0 aliphatic rings. The van der Waals surface area contributed by atoms with Crippen molar-refractivity contribution in [2.24, 2.45) is 0 Å². The number of anilines is 3. The number of hydrogen-bond donors (Lipinski definition) is 3. The summed E-state index contributed by atoms with van der Waals surface area (Å²) >= 11 is 0. The molecule has 0 saturated heterocycles. The number of aryl methyl sites for hydroxylation is 1. The molecule has 2 aromatic carbocycles. The van der Waals surface area contributed by atoms with Crippen molar-refractivity contribution < 1.29 is 9.59 Å². The van der Waals surface area contributed by atoms with Crippen molar-refractivity contribution in [1.82, 2.24) is 0 Å². The lowest BCUT2D eigenvalue weighted by atomic mass is 10.2. The molecule has 2 aromatic rings. The molecule has 0 aliphatic carbocycles. The zero-order chi connectivity index (χ0) is 17.4. The Labute approximate surface area is 142 Å². The highest BCUT2D eigenvalue weighted by molar-refractivity contribution is 5.95. The first-order valence-corrected chi connectivity index (χ1v) is 8.07. The van der Waals surface area contributed by atoms with Gasteiger partial charge in [-0.2, -0.15) is 0 Å². The normalized spacial score (nSPS) is 10.1. The molecule has 2 rings (SSSR count). The van der Waals surface area contributed by atoms with Crippen LogP contribution in [0.3, 0.4) is 0 Å². The van der Waals surface area contributed by atoms with Gasteiger partial charge in [0.25, 0.3) is 0 Å². The van der Waals surface area contributed by atoms with Gasteiger partial charge >= 0.3 is 0 Å². The van der Waals surface area contributed by atoms with Crippen LogP contribution in [0, 0.1) is 6.92 Å². The Morgan fingerprint density at radius 2 is 1.50 bits per heavy atom. The Balaban J connectivity index is 1.88. The van der Waals surface area contributed by atoms with Crippen LogP contribution >= 0.6 is 0 Å². The molecule has 0 saturated carbocycles. The van der Waals surface area contributed by atoms with Crippen LogP contribution in [0.1, 0.15) is 25.3 Å². The minimum Gasteiger partial charge on any atom is -0.376 e. The van der Waals surface area contributed by atoms with E-state index in [1.54, 1.807) is 24.3 Å². The van der Waals surface area contributed by atoms with Crippen molar-refractivity contribution >= 4 is 28.9 Å². The van der Waals surface area contributed by atoms with Crippen molar-refractivity contribution in [2.75, 3.05) is 22.5 Å². The minimum atomic E-state index is -0.145. The molecule has 24 heavy (non-hydrogen) atoms. The Hall–Kier alpha value is -2.82. The van der Waals surface area contributed by atoms with Crippen LogP contribution in [-0.4, -0.2) is 18.4 Å². The van der Waals surface area contributed by atoms with Gasteiger partial charge in [-0.3, -0.25) is 9.59 Å². The third-order valence-electron chi connectivity index (χ3n) is 3.38. The van der Waals surface area contributed by atoms with Crippen molar-refractivity contribution in [3.63, 3.8) is 0 Å². The highest BCUT2D eigenvalue weighted by Crippen LogP contribution is 2.16. The molecule has 2 amide bonds. The summed E-state index contributed by atoms with van der Waals surface area (Å²) in [6, 6.07) is 15.0. The van der Waals surface area contributed by atoms with Crippen LogP contribution in [0.4, 0.5) is 17.1 Å². The molecule has 3 N–H and O–H groups in total. The Morgan fingerprint density at radius 3 is 2.17 bits per heavy atom. The molecule has 0 aromatic heterocycles. The van der Waals surface area contributed by atoms with Crippen LogP contribution in [-0.2, 0) is 9.59 Å². The molecule has 5 nitrogen and oxygen atoms in total. The molecule has 5 heteroatoms. The van der Waals surface area contributed by atoms with Gasteiger partial charge in [-0.25, -0.2) is 0 Å². The molecule has 0 bridgehead atoms. The molecule has 0 unspecified atom stereocenters. The molecule has 0 heterocycles. The van der Waals surface area contributed by atoms with E-state index in [4.69, 9.17) is 0 Å². The summed E-state index contributed by atoms with van der Waals surface area (Å²) < 4.78 is 0. The molecule has 0 atom stereocenters. The van der Waals surface area contributed by atoms with E-state index in [9.17, 15) is 9.59 Å². The average molecular weight is 325 g/mol. The van der Waals surface area contributed by atoms with Crippen molar-refractivity contribution in [3.8, 4) is 0 Å². The predicted octanol–water partition coefficient (Wildman–Crippen LogP) is 3.78.